The summed E-state index contributed by atoms with van der Waals surface area (Å²) in [6, 6.07) is 27.3. The first-order chi connectivity index (χ1) is 50.4. The van der Waals surface area contributed by atoms with Gasteiger partial charge in [0.2, 0.25) is 0 Å². The van der Waals surface area contributed by atoms with Gasteiger partial charge >= 0.3 is 23.9 Å². The summed E-state index contributed by atoms with van der Waals surface area (Å²) in [7, 11) is 0. The van der Waals surface area contributed by atoms with E-state index in [-0.39, 0.29) is 40.7 Å². The van der Waals surface area contributed by atoms with E-state index in [4.69, 9.17) is 23.7 Å². The van der Waals surface area contributed by atoms with Crippen LogP contribution in [0.3, 0.4) is 0 Å². The lowest BCUT2D eigenvalue weighted by Gasteiger charge is -2.61. The number of benzene rings is 4. The van der Waals surface area contributed by atoms with Crippen molar-refractivity contribution in [2.45, 2.75) is 224 Å². The van der Waals surface area contributed by atoms with Crippen molar-refractivity contribution >= 4 is 72.0 Å². The monoisotopic (exact) mass is 1510 g/mol. The molecule has 568 valence electrons. The minimum atomic E-state index is -0.495. The molecule has 16 aliphatic carbocycles. The van der Waals surface area contributed by atoms with Gasteiger partial charge in [-0.05, 0) is 334 Å². The molecule has 0 amide bonds. The lowest BCUT2D eigenvalue weighted by Crippen LogP contribution is -2.62. The molecule has 16 bridgehead atoms. The molecule has 0 N–H and O–H groups in total. The van der Waals surface area contributed by atoms with Crippen LogP contribution < -0.4 is 21.0 Å². The largest absolute Gasteiger partial charge is 0.691 e. The van der Waals surface area contributed by atoms with E-state index in [2.05, 4.69) is 72.1 Å². The van der Waals surface area contributed by atoms with Crippen molar-refractivity contribution < 1.29 is 101 Å². The summed E-state index contributed by atoms with van der Waals surface area (Å²) in [6.07, 6.45) is 27.7. The summed E-state index contributed by atoms with van der Waals surface area (Å²) in [5.74, 6) is 9.79. The molecule has 0 atom stereocenters. The van der Waals surface area contributed by atoms with E-state index in [9.17, 15) is 40.2 Å². The van der Waals surface area contributed by atoms with E-state index in [0.717, 1.165) is 147 Å². The van der Waals surface area contributed by atoms with Gasteiger partial charge in [0.05, 0.1) is 77.0 Å². The Bertz CT molecular complexity index is 3390. The average molecular weight is 1510 g/mol. The Morgan fingerprint density at radius 2 is 0.644 bits per heavy atom. The SMILES string of the molecule is CC(C)C1(OC(=O)c2ccc(SOO[O-])cc2)C2CC3CC(C2)CC1C3.CC1(OC(=O)c2ccc(SOO[O-])cc2)C2CC3CC(C2)CC1C3.CCC1(OC(=O)c2ccc(SOO[O-])cc2)C2CC3CC(C2)CC1C3.CCCCOCC1(OC(=O)c2ccc(SOO[O-])cc2)C2CC3CC(C2)CC1C3. The number of rotatable bonds is 27. The molecule has 21 nitrogen and oxygen atoms in total. The minimum Gasteiger partial charge on any atom is -0.691 e. The topological polar surface area (TPSA) is 281 Å². The highest BCUT2D eigenvalue weighted by molar-refractivity contribution is 7.95. The summed E-state index contributed by atoms with van der Waals surface area (Å²) < 4.78 is 48.2. The molecule has 16 saturated carbocycles. The fourth-order valence-corrected chi connectivity index (χ4v) is 24.3. The van der Waals surface area contributed by atoms with Gasteiger partial charge in [-0.2, -0.15) is 17.3 Å². The van der Waals surface area contributed by atoms with Crippen LogP contribution in [-0.4, -0.2) is 59.5 Å². The Balaban J connectivity index is 0.000000123. The quantitative estimate of drug-likeness (QED) is 0.0134. The highest BCUT2D eigenvalue weighted by Gasteiger charge is 2.63. The molecule has 0 unspecified atom stereocenters. The Morgan fingerprint density at radius 3 is 0.933 bits per heavy atom. The highest BCUT2D eigenvalue weighted by atomic mass is 32.2. The lowest BCUT2D eigenvalue weighted by molar-refractivity contribution is -0.777. The van der Waals surface area contributed by atoms with Gasteiger partial charge in [0.15, 0.2) is 0 Å². The molecule has 0 heterocycles. The molecular formula is C79H98O21S4-4. The van der Waals surface area contributed by atoms with Crippen LogP contribution in [0.2, 0.25) is 0 Å². The zero-order chi connectivity index (χ0) is 72.8. The number of unbranched alkanes of at least 4 members (excludes halogenated alkanes) is 1. The van der Waals surface area contributed by atoms with Crippen LogP contribution in [-0.2, 0) is 61.2 Å². The van der Waals surface area contributed by atoms with Crippen molar-refractivity contribution in [3.8, 4) is 0 Å². The molecule has 4 aromatic rings. The maximum atomic E-state index is 13.1. The molecule has 104 heavy (non-hydrogen) atoms. The van der Waals surface area contributed by atoms with Gasteiger partial charge in [-0.25, -0.2) is 19.2 Å². The summed E-state index contributed by atoms with van der Waals surface area (Å²) in [5, 5.41) is 52.9. The maximum absolute atomic E-state index is 13.1. The normalized spacial score (nSPS) is 34.9. The fourth-order valence-electron chi connectivity index (χ4n) is 22.9. The zero-order valence-corrected chi connectivity index (χ0v) is 63.2. The fraction of sp³-hybridized carbons (Fsp3) is 0.646. The van der Waals surface area contributed by atoms with E-state index in [1.54, 1.807) is 97.1 Å². The molecule has 25 heteroatoms. The van der Waals surface area contributed by atoms with Crippen LogP contribution in [0.25, 0.3) is 0 Å². The summed E-state index contributed by atoms with van der Waals surface area (Å²) >= 11 is 3.24. The van der Waals surface area contributed by atoms with Crippen molar-refractivity contribution in [3.05, 3.63) is 119 Å². The van der Waals surface area contributed by atoms with Crippen molar-refractivity contribution in [2.75, 3.05) is 13.2 Å². The number of carbonyl (C=O) groups excluding carboxylic acids is 4. The Labute approximate surface area is 627 Å². The van der Waals surface area contributed by atoms with Crippen molar-refractivity contribution in [1.29, 1.82) is 0 Å². The van der Waals surface area contributed by atoms with E-state index >= 15 is 0 Å². The van der Waals surface area contributed by atoms with E-state index in [1.165, 1.54) is 103 Å². The van der Waals surface area contributed by atoms with Crippen LogP contribution in [0, 0.1) is 101 Å². The van der Waals surface area contributed by atoms with Crippen LogP contribution in [0.15, 0.2) is 117 Å². The number of carbonyl (C=O) groups is 4. The zero-order valence-electron chi connectivity index (χ0n) is 59.9. The molecule has 0 aromatic heterocycles. The van der Waals surface area contributed by atoms with Crippen LogP contribution in [0.4, 0.5) is 0 Å². The first kappa shape index (κ1) is 77.8. The van der Waals surface area contributed by atoms with Gasteiger partial charge in [-0.1, -0.05) is 34.1 Å². The predicted molar refractivity (Wildman–Crippen MR) is 375 cm³/mol. The average Bonchev–Trinajstić information content (AvgIpc) is 0.745. The number of hydrogen-bond donors (Lipinski definition) is 0. The van der Waals surface area contributed by atoms with Gasteiger partial charge in [0, 0.05) is 38.0 Å². The molecule has 0 spiro atoms. The molecular weight excluding hydrogens is 1410 g/mol. The Kier molecular flexibility index (Phi) is 25.9. The van der Waals surface area contributed by atoms with E-state index < -0.39 is 5.60 Å². The second-order valence-electron chi connectivity index (χ2n) is 32.6. The van der Waals surface area contributed by atoms with Crippen molar-refractivity contribution in [1.82, 2.24) is 0 Å². The summed E-state index contributed by atoms with van der Waals surface area (Å²) in [5.41, 5.74) is 0.675. The molecule has 4 aromatic carbocycles. The van der Waals surface area contributed by atoms with Gasteiger partial charge < -0.3 is 44.7 Å². The van der Waals surface area contributed by atoms with Gasteiger partial charge in [0.1, 0.15) is 22.4 Å². The smallest absolute Gasteiger partial charge is 0.338 e. The van der Waals surface area contributed by atoms with E-state index in [1.807, 2.05) is 0 Å². The van der Waals surface area contributed by atoms with Crippen LogP contribution >= 0.6 is 48.2 Å². The minimum absolute atomic E-state index is 0.244. The molecule has 16 aliphatic rings. The van der Waals surface area contributed by atoms with Gasteiger partial charge in [-0.3, -0.25) is 20.2 Å². The maximum Gasteiger partial charge on any atom is 0.338 e. The standard InChI is InChI=1S/C22H30O6S.C20H26O5S.C19H24O5S.C18H22O5S/c1-2-3-8-25-14-22(18-10-15-9-16(12-18)13-19(22)11-15)26-21(23)17-4-6-20(7-5-17)29-28-27-24;1-12(2)20(16-8-13-7-14(10-16)11-17(20)9-13)23-19(21)15-3-5-18(6-4-15)26-25-24-22;1-2-19(15-8-12-7-13(10-15)11-16(19)9-12)22-18(20)14-3-5-17(6-4-14)25-24-23-21;1-18(14-7-11-6-12(9-14)10-15(18)8-11)21-17(19)13-2-4-16(5-3-13)24-23-22-20/h4-7,15-16,18-19,24H,2-3,8-14H2,1H3;3-6,12-14,16-17,22H,7-11H2,1-2H3;3-6,12-13,15-16,21H,2,7-11H2,1H3;2-5,11-12,14-15,20H,6-10H2,1H3/p-4. The number of hydrogen-bond acceptors (Lipinski definition) is 25. The third kappa shape index (κ3) is 17.0. The first-order valence-electron chi connectivity index (χ1n) is 37.8. The Morgan fingerprint density at radius 1 is 0.375 bits per heavy atom. The third-order valence-corrected chi connectivity index (χ3v) is 29.1. The van der Waals surface area contributed by atoms with Gasteiger partial charge in [0.25, 0.3) is 0 Å². The third-order valence-electron chi connectivity index (χ3n) is 26.8. The first-order valence-corrected chi connectivity index (χ1v) is 40.8. The van der Waals surface area contributed by atoms with Crippen molar-refractivity contribution in [3.63, 3.8) is 0 Å². The van der Waals surface area contributed by atoms with Crippen LogP contribution in [0.1, 0.15) is 224 Å². The molecule has 0 saturated heterocycles. The Hall–Kier alpha value is -4.36. The second-order valence-corrected chi connectivity index (χ2v) is 35.7. The van der Waals surface area contributed by atoms with Gasteiger partial charge in [-0.15, -0.1) is 0 Å². The molecule has 20 rings (SSSR count). The molecule has 16 fully saturated rings. The van der Waals surface area contributed by atoms with E-state index in [0.29, 0.717) is 102 Å². The predicted octanol–water partition coefficient (Wildman–Crippen LogP) is 15.0. The number of ether oxygens (including phenoxy) is 5. The lowest BCUT2D eigenvalue weighted by atomic mass is 9.47. The summed E-state index contributed by atoms with van der Waals surface area (Å²) in [4.78, 5) is 54.2. The highest BCUT2D eigenvalue weighted by Crippen LogP contribution is 2.65. The summed E-state index contributed by atoms with van der Waals surface area (Å²) in [6.45, 7) is 12.1. The molecule has 0 radical (unpaired) electrons. The molecule has 0 aliphatic heterocycles. The van der Waals surface area contributed by atoms with Crippen LogP contribution in [0.5, 0.6) is 0 Å². The van der Waals surface area contributed by atoms with Crippen molar-refractivity contribution in [2.24, 2.45) is 101 Å². The number of esters is 4. The second kappa shape index (κ2) is 34.7.